The van der Waals surface area contributed by atoms with Gasteiger partial charge in [0.1, 0.15) is 5.78 Å². The van der Waals surface area contributed by atoms with E-state index in [-0.39, 0.29) is 11.5 Å². The van der Waals surface area contributed by atoms with Crippen LogP contribution in [-0.2, 0) is 4.79 Å². The van der Waals surface area contributed by atoms with Crippen LogP contribution in [0.4, 0.5) is 0 Å². The van der Waals surface area contributed by atoms with Crippen molar-refractivity contribution in [2.75, 3.05) is 0 Å². The second-order valence-electron chi connectivity index (χ2n) is 9.44. The lowest BCUT2D eigenvalue weighted by atomic mass is 9.47. The van der Waals surface area contributed by atoms with E-state index in [1.165, 1.54) is 25.7 Å². The maximum absolute atomic E-state index is 12.2. The summed E-state index contributed by atoms with van der Waals surface area (Å²) in [4.78, 5) is 12.2. The van der Waals surface area contributed by atoms with Gasteiger partial charge in [0, 0.05) is 5.92 Å². The molecular weight excluding hydrogens is 284 g/mol. The molecule has 4 aliphatic carbocycles. The van der Waals surface area contributed by atoms with Crippen molar-refractivity contribution in [2.24, 2.45) is 34.5 Å². The molecule has 7 atom stereocenters. The smallest absolute Gasteiger partial charge is 0.133 e. The molecule has 3 fully saturated rings. The Morgan fingerprint density at radius 3 is 2.65 bits per heavy atom. The van der Waals surface area contributed by atoms with Crippen LogP contribution >= 0.6 is 0 Å². The summed E-state index contributed by atoms with van der Waals surface area (Å²) in [5.74, 6) is 3.00. The first-order valence-corrected chi connectivity index (χ1v) is 9.74. The van der Waals surface area contributed by atoms with Gasteiger partial charge in [-0.15, -0.1) is 0 Å². The molecule has 4 aliphatic rings. The number of aliphatic hydroxyl groups is 1. The van der Waals surface area contributed by atoms with Crippen molar-refractivity contribution >= 4 is 5.78 Å². The summed E-state index contributed by atoms with van der Waals surface area (Å²) >= 11 is 0. The second kappa shape index (κ2) is 5.18. The molecule has 128 valence electrons. The van der Waals surface area contributed by atoms with E-state index in [9.17, 15) is 9.90 Å². The fourth-order valence-electron chi connectivity index (χ4n) is 7.31. The molecule has 0 unspecified atom stereocenters. The lowest BCUT2D eigenvalue weighted by molar-refractivity contribution is -0.127. The van der Waals surface area contributed by atoms with Crippen molar-refractivity contribution in [3.63, 3.8) is 0 Å². The van der Waals surface area contributed by atoms with E-state index in [2.05, 4.69) is 19.9 Å². The van der Waals surface area contributed by atoms with Gasteiger partial charge >= 0.3 is 0 Å². The van der Waals surface area contributed by atoms with E-state index < -0.39 is 0 Å². The van der Waals surface area contributed by atoms with Gasteiger partial charge in [-0.25, -0.2) is 0 Å². The van der Waals surface area contributed by atoms with Crippen LogP contribution in [0.1, 0.15) is 72.1 Å². The minimum atomic E-state index is -0.117. The number of allylic oxidation sites excluding steroid dienone is 1. The number of ketones is 1. The topological polar surface area (TPSA) is 37.3 Å². The molecule has 0 heterocycles. The molecule has 4 rings (SSSR count). The summed E-state index contributed by atoms with van der Waals surface area (Å²) in [5.41, 5.74) is 2.11. The van der Waals surface area contributed by atoms with E-state index in [4.69, 9.17) is 0 Å². The normalized spacial score (nSPS) is 52.2. The molecule has 0 aromatic carbocycles. The third-order valence-corrected chi connectivity index (χ3v) is 8.57. The van der Waals surface area contributed by atoms with Crippen molar-refractivity contribution in [1.82, 2.24) is 0 Å². The van der Waals surface area contributed by atoms with Crippen LogP contribution in [0.25, 0.3) is 0 Å². The quantitative estimate of drug-likeness (QED) is 0.722. The average Bonchev–Trinajstić information content (AvgIpc) is 2.85. The first kappa shape index (κ1) is 15.9. The van der Waals surface area contributed by atoms with Crippen LogP contribution in [0.15, 0.2) is 11.6 Å². The minimum absolute atomic E-state index is 0.117. The number of fused-ring (bicyclic) bond motifs is 5. The molecule has 2 nitrogen and oxygen atoms in total. The Labute approximate surface area is 140 Å². The molecule has 0 aliphatic heterocycles. The summed E-state index contributed by atoms with van der Waals surface area (Å²) in [6.07, 6.45) is 11.5. The zero-order valence-corrected chi connectivity index (χ0v) is 15.0. The van der Waals surface area contributed by atoms with Crippen LogP contribution in [0.2, 0.25) is 0 Å². The van der Waals surface area contributed by atoms with Crippen molar-refractivity contribution < 1.29 is 9.90 Å². The van der Waals surface area contributed by atoms with Crippen molar-refractivity contribution in [3.8, 4) is 0 Å². The van der Waals surface area contributed by atoms with E-state index >= 15 is 0 Å². The molecule has 0 aromatic heterocycles. The number of rotatable bonds is 1. The largest absolute Gasteiger partial charge is 0.393 e. The fourth-order valence-corrected chi connectivity index (χ4v) is 7.31. The van der Waals surface area contributed by atoms with Crippen molar-refractivity contribution in [2.45, 2.75) is 78.2 Å². The van der Waals surface area contributed by atoms with E-state index in [0.717, 1.165) is 43.4 Å². The van der Waals surface area contributed by atoms with E-state index in [0.29, 0.717) is 17.1 Å². The van der Waals surface area contributed by atoms with E-state index in [1.807, 2.05) is 6.92 Å². The zero-order valence-electron chi connectivity index (χ0n) is 15.0. The highest BCUT2D eigenvalue weighted by Crippen LogP contribution is 2.66. The maximum atomic E-state index is 12.2. The monoisotopic (exact) mass is 316 g/mol. The number of carbonyl (C=O) groups excluding carboxylic acids is 1. The van der Waals surface area contributed by atoms with Gasteiger partial charge in [0.15, 0.2) is 0 Å². The highest BCUT2D eigenvalue weighted by atomic mass is 16.3. The summed E-state index contributed by atoms with van der Waals surface area (Å²) in [7, 11) is 0. The zero-order chi connectivity index (χ0) is 16.4. The predicted molar refractivity (Wildman–Crippen MR) is 91.9 cm³/mol. The molecule has 23 heavy (non-hydrogen) atoms. The van der Waals surface area contributed by atoms with Gasteiger partial charge in [0.25, 0.3) is 0 Å². The Hall–Kier alpha value is -0.630. The highest BCUT2D eigenvalue weighted by Gasteiger charge is 2.59. The molecule has 0 spiro atoms. The Balaban J connectivity index is 1.66. The molecule has 3 saturated carbocycles. The molecular formula is C21H32O2. The van der Waals surface area contributed by atoms with E-state index in [1.54, 1.807) is 5.57 Å². The standard InChI is InChI=1S/C21H32O2/c1-13(22)17-6-7-18-16-5-4-14-12-15(23)8-10-20(14,2)19(16)9-11-21(17,18)3/h4,15-19,23H,5-12H2,1-3H3/t15-,16-,17+,18-,19-,20+,21+/m1/s1. The third-order valence-electron chi connectivity index (χ3n) is 8.57. The average molecular weight is 316 g/mol. The Bertz CT molecular complexity index is 550. The molecule has 1 N–H and O–H groups in total. The Morgan fingerprint density at radius 2 is 1.91 bits per heavy atom. The van der Waals surface area contributed by atoms with Crippen LogP contribution in [0.5, 0.6) is 0 Å². The molecule has 0 radical (unpaired) electrons. The molecule has 0 amide bonds. The van der Waals surface area contributed by atoms with Gasteiger partial charge in [0.2, 0.25) is 0 Å². The predicted octanol–water partition coefficient (Wildman–Crippen LogP) is 4.52. The summed E-state index contributed by atoms with van der Waals surface area (Å²) in [6.45, 7) is 6.70. The molecule has 0 saturated heterocycles. The maximum Gasteiger partial charge on any atom is 0.133 e. The fraction of sp³-hybridized carbons (Fsp3) is 0.857. The van der Waals surface area contributed by atoms with Gasteiger partial charge in [-0.2, -0.15) is 0 Å². The van der Waals surface area contributed by atoms with Crippen LogP contribution < -0.4 is 0 Å². The summed E-state index contributed by atoms with van der Waals surface area (Å²) in [5, 5.41) is 10.1. The van der Waals surface area contributed by atoms with Crippen molar-refractivity contribution in [1.29, 1.82) is 0 Å². The number of hydrogen-bond acceptors (Lipinski definition) is 2. The van der Waals surface area contributed by atoms with Gasteiger partial charge in [-0.05, 0) is 86.9 Å². The summed E-state index contributed by atoms with van der Waals surface area (Å²) < 4.78 is 0. The molecule has 0 aromatic rings. The van der Waals surface area contributed by atoms with Crippen LogP contribution in [-0.4, -0.2) is 17.0 Å². The first-order chi connectivity index (χ1) is 10.9. The van der Waals surface area contributed by atoms with Crippen molar-refractivity contribution in [3.05, 3.63) is 11.6 Å². The number of aliphatic hydroxyl groups excluding tert-OH is 1. The molecule has 0 bridgehead atoms. The second-order valence-corrected chi connectivity index (χ2v) is 9.44. The minimum Gasteiger partial charge on any atom is -0.393 e. The van der Waals surface area contributed by atoms with Gasteiger partial charge in [-0.3, -0.25) is 4.79 Å². The number of carbonyl (C=O) groups is 1. The van der Waals surface area contributed by atoms with Gasteiger partial charge in [-0.1, -0.05) is 25.5 Å². The lowest BCUT2D eigenvalue weighted by Crippen LogP contribution is -2.50. The van der Waals surface area contributed by atoms with Crippen LogP contribution in [0.3, 0.4) is 0 Å². The van der Waals surface area contributed by atoms with Gasteiger partial charge in [0.05, 0.1) is 6.10 Å². The highest BCUT2D eigenvalue weighted by molar-refractivity contribution is 5.79. The Kier molecular flexibility index (Phi) is 3.58. The third kappa shape index (κ3) is 2.13. The summed E-state index contributed by atoms with van der Waals surface area (Å²) in [6, 6.07) is 0. The van der Waals surface area contributed by atoms with Crippen LogP contribution in [0, 0.1) is 34.5 Å². The van der Waals surface area contributed by atoms with Gasteiger partial charge < -0.3 is 5.11 Å². The molecule has 2 heteroatoms. The number of Topliss-reactive ketones (excluding diaryl/α,β-unsaturated/α-hetero) is 1. The Morgan fingerprint density at radius 1 is 1.13 bits per heavy atom. The lowest BCUT2D eigenvalue weighted by Gasteiger charge is -2.57. The first-order valence-electron chi connectivity index (χ1n) is 9.74. The SMILES string of the molecule is CC(=O)[C@@H]1CC[C@@H]2[C@H]3CC=C4C[C@H](O)CC[C@]4(C)[C@@H]3CC[C@]21C. The number of hydrogen-bond donors (Lipinski definition) is 1.